The molecule has 0 fully saturated rings. The highest BCUT2D eigenvalue weighted by atomic mass is 79.9. The number of amides is 1. The number of rotatable bonds is 10. The molecule has 6 nitrogen and oxygen atoms in total. The first-order chi connectivity index (χ1) is 14.5. The molecule has 8 heteroatoms. The van der Waals surface area contributed by atoms with Gasteiger partial charge in [0.05, 0.1) is 28.4 Å². The van der Waals surface area contributed by atoms with Gasteiger partial charge in [0.15, 0.2) is 11.5 Å². The molecule has 158 valence electrons. The number of terminal acetylenes is 1. The standard InChI is InChI=1S/C22H22Br2N2O4/c1-4-9-29-19-8-7-16(13-20(19)28-6-3)22(27)26-25-14-15-11-17(23)21(18(24)12-15)30-10-5-2/h2,7-8,11-14H,4,6,9-10H2,1,3H3,(H,26,27)/b25-14+. The number of benzene rings is 2. The molecule has 0 radical (unpaired) electrons. The third-order valence-corrected chi connectivity index (χ3v) is 4.85. The Hall–Kier alpha value is -2.50. The highest BCUT2D eigenvalue weighted by molar-refractivity contribution is 9.11. The van der Waals surface area contributed by atoms with Crippen molar-refractivity contribution in [2.24, 2.45) is 5.10 Å². The average molecular weight is 538 g/mol. The van der Waals surface area contributed by atoms with Crippen molar-refractivity contribution in [2.45, 2.75) is 20.3 Å². The van der Waals surface area contributed by atoms with Crippen LogP contribution in [0.4, 0.5) is 0 Å². The maximum Gasteiger partial charge on any atom is 0.271 e. The lowest BCUT2D eigenvalue weighted by atomic mass is 10.2. The first-order valence-corrected chi connectivity index (χ1v) is 10.9. The van der Waals surface area contributed by atoms with Crippen LogP contribution in [0.5, 0.6) is 17.2 Å². The van der Waals surface area contributed by atoms with E-state index in [1.165, 1.54) is 6.21 Å². The molecule has 0 aliphatic carbocycles. The highest BCUT2D eigenvalue weighted by Crippen LogP contribution is 2.34. The summed E-state index contributed by atoms with van der Waals surface area (Å²) < 4.78 is 18.1. The summed E-state index contributed by atoms with van der Waals surface area (Å²) >= 11 is 6.87. The maximum absolute atomic E-state index is 12.4. The molecule has 1 N–H and O–H groups in total. The zero-order valence-corrected chi connectivity index (χ0v) is 19.9. The summed E-state index contributed by atoms with van der Waals surface area (Å²) in [6.07, 6.45) is 7.63. The summed E-state index contributed by atoms with van der Waals surface area (Å²) in [4.78, 5) is 12.4. The predicted octanol–water partition coefficient (Wildman–Crippen LogP) is 5.18. The van der Waals surface area contributed by atoms with Crippen LogP contribution in [0.2, 0.25) is 0 Å². The van der Waals surface area contributed by atoms with Gasteiger partial charge in [0.1, 0.15) is 12.4 Å². The molecule has 0 bridgehead atoms. The number of nitrogens with zero attached hydrogens (tertiary/aromatic N) is 1. The molecule has 0 unspecified atom stereocenters. The van der Waals surface area contributed by atoms with Crippen molar-refractivity contribution in [3.63, 3.8) is 0 Å². The normalized spacial score (nSPS) is 10.5. The monoisotopic (exact) mass is 536 g/mol. The van der Waals surface area contributed by atoms with E-state index in [0.29, 0.717) is 45.0 Å². The van der Waals surface area contributed by atoms with E-state index in [0.717, 1.165) is 12.0 Å². The fourth-order valence-corrected chi connectivity index (χ4v) is 3.84. The van der Waals surface area contributed by atoms with Gasteiger partial charge in [-0.25, -0.2) is 5.43 Å². The molecule has 0 aliphatic rings. The lowest BCUT2D eigenvalue weighted by Crippen LogP contribution is -2.17. The second-order valence-electron chi connectivity index (χ2n) is 5.95. The SMILES string of the molecule is C#CCOc1c(Br)cc(/C=N/NC(=O)c2ccc(OCCC)c(OCC)c2)cc1Br. The van der Waals surface area contributed by atoms with E-state index >= 15 is 0 Å². The molecule has 0 atom stereocenters. The number of hydrogen-bond donors (Lipinski definition) is 1. The van der Waals surface area contributed by atoms with Gasteiger partial charge in [0.2, 0.25) is 0 Å². The Kier molecular flexibility index (Phi) is 9.71. The molecule has 30 heavy (non-hydrogen) atoms. The van der Waals surface area contributed by atoms with E-state index in [9.17, 15) is 4.79 Å². The Bertz CT molecular complexity index is 932. The summed E-state index contributed by atoms with van der Waals surface area (Å²) in [5.74, 6) is 3.80. The number of nitrogens with one attached hydrogen (secondary N) is 1. The molecule has 0 aliphatic heterocycles. The van der Waals surface area contributed by atoms with Gasteiger partial charge in [-0.2, -0.15) is 5.10 Å². The summed E-state index contributed by atoms with van der Waals surface area (Å²) in [5.41, 5.74) is 3.68. The average Bonchev–Trinajstić information content (AvgIpc) is 2.72. The van der Waals surface area contributed by atoms with Crippen LogP contribution in [0.15, 0.2) is 44.4 Å². The van der Waals surface area contributed by atoms with E-state index in [1.54, 1.807) is 30.3 Å². The largest absolute Gasteiger partial charge is 0.490 e. The Morgan fingerprint density at radius 2 is 1.87 bits per heavy atom. The Balaban J connectivity index is 2.08. The quantitative estimate of drug-likeness (QED) is 0.258. The van der Waals surface area contributed by atoms with Crippen LogP contribution >= 0.6 is 31.9 Å². The van der Waals surface area contributed by atoms with Crippen LogP contribution in [0, 0.1) is 12.3 Å². The summed E-state index contributed by atoms with van der Waals surface area (Å²) in [5, 5.41) is 4.03. The zero-order valence-electron chi connectivity index (χ0n) is 16.7. The van der Waals surface area contributed by atoms with Crippen LogP contribution < -0.4 is 19.6 Å². The van der Waals surface area contributed by atoms with Crippen molar-refractivity contribution < 1.29 is 19.0 Å². The van der Waals surface area contributed by atoms with E-state index in [1.807, 2.05) is 13.8 Å². The van der Waals surface area contributed by atoms with E-state index < -0.39 is 0 Å². The third kappa shape index (κ3) is 6.78. The lowest BCUT2D eigenvalue weighted by Gasteiger charge is -2.12. The van der Waals surface area contributed by atoms with Crippen LogP contribution in [-0.2, 0) is 0 Å². The molecule has 0 spiro atoms. The van der Waals surface area contributed by atoms with Gasteiger partial charge in [0, 0.05) is 5.56 Å². The molecular weight excluding hydrogens is 516 g/mol. The third-order valence-electron chi connectivity index (χ3n) is 3.67. The van der Waals surface area contributed by atoms with Crippen molar-refractivity contribution in [1.82, 2.24) is 5.43 Å². The highest BCUT2D eigenvalue weighted by Gasteiger charge is 2.12. The van der Waals surface area contributed by atoms with Gasteiger partial charge in [0.25, 0.3) is 5.91 Å². The number of hydrogen-bond acceptors (Lipinski definition) is 5. The van der Waals surface area contributed by atoms with Gasteiger partial charge < -0.3 is 14.2 Å². The zero-order chi connectivity index (χ0) is 21.9. The smallest absolute Gasteiger partial charge is 0.271 e. The molecule has 2 aromatic carbocycles. The van der Waals surface area contributed by atoms with Gasteiger partial charge in [-0.15, -0.1) is 6.42 Å². The molecule has 0 saturated carbocycles. The minimum atomic E-state index is -0.360. The molecular formula is C22H22Br2N2O4. The first-order valence-electron chi connectivity index (χ1n) is 9.28. The Morgan fingerprint density at radius 3 is 2.50 bits per heavy atom. The summed E-state index contributed by atoms with van der Waals surface area (Å²) in [7, 11) is 0. The minimum Gasteiger partial charge on any atom is -0.490 e. The molecule has 2 rings (SSSR count). The van der Waals surface area contributed by atoms with Crippen molar-refractivity contribution in [3.05, 3.63) is 50.4 Å². The second-order valence-corrected chi connectivity index (χ2v) is 7.66. The van der Waals surface area contributed by atoms with Crippen molar-refractivity contribution in [1.29, 1.82) is 0 Å². The second kappa shape index (κ2) is 12.3. The molecule has 0 aromatic heterocycles. The predicted molar refractivity (Wildman–Crippen MR) is 125 cm³/mol. The van der Waals surface area contributed by atoms with Crippen molar-refractivity contribution in [3.8, 4) is 29.6 Å². The van der Waals surface area contributed by atoms with Crippen LogP contribution in [0.3, 0.4) is 0 Å². The fraction of sp³-hybridized carbons (Fsp3) is 0.273. The molecule has 0 heterocycles. The summed E-state index contributed by atoms with van der Waals surface area (Å²) in [6.45, 7) is 5.10. The molecule has 0 saturated heterocycles. The minimum absolute atomic E-state index is 0.159. The van der Waals surface area contributed by atoms with Gasteiger partial charge in [-0.05, 0) is 81.1 Å². The molecule has 2 aromatic rings. The van der Waals surface area contributed by atoms with E-state index in [4.69, 9.17) is 20.6 Å². The fourth-order valence-electron chi connectivity index (χ4n) is 2.38. The van der Waals surface area contributed by atoms with Gasteiger partial charge >= 0.3 is 0 Å². The van der Waals surface area contributed by atoms with Crippen LogP contribution in [0.1, 0.15) is 36.2 Å². The van der Waals surface area contributed by atoms with E-state index in [2.05, 4.69) is 48.3 Å². The summed E-state index contributed by atoms with van der Waals surface area (Å²) in [6, 6.07) is 8.65. The van der Waals surface area contributed by atoms with Crippen molar-refractivity contribution >= 4 is 44.0 Å². The maximum atomic E-state index is 12.4. The topological polar surface area (TPSA) is 69.2 Å². The number of carbonyl (C=O) groups excluding carboxylic acids is 1. The van der Waals surface area contributed by atoms with Crippen LogP contribution in [-0.4, -0.2) is 31.9 Å². The Morgan fingerprint density at radius 1 is 1.13 bits per heavy atom. The van der Waals surface area contributed by atoms with E-state index in [-0.39, 0.29) is 12.5 Å². The van der Waals surface area contributed by atoms with Crippen molar-refractivity contribution in [2.75, 3.05) is 19.8 Å². The molecule has 1 amide bonds. The number of ether oxygens (including phenoxy) is 3. The first kappa shape index (κ1) is 23.8. The number of halogens is 2. The van der Waals surface area contributed by atoms with Gasteiger partial charge in [-0.1, -0.05) is 12.8 Å². The Labute approximate surface area is 193 Å². The van der Waals surface area contributed by atoms with Gasteiger partial charge in [-0.3, -0.25) is 4.79 Å². The number of carbonyl (C=O) groups is 1. The van der Waals surface area contributed by atoms with Crippen LogP contribution in [0.25, 0.3) is 0 Å². The number of hydrazone groups is 1. The lowest BCUT2D eigenvalue weighted by molar-refractivity contribution is 0.0954.